The van der Waals surface area contributed by atoms with Crippen molar-refractivity contribution in [3.8, 4) is 0 Å². The average Bonchev–Trinajstić information content (AvgIpc) is 3.41. The monoisotopic (exact) mass is 654 g/mol. The molecule has 0 aromatic heterocycles. The molecular formula is C34H54O12. The number of fused-ring (bicyclic) bond motifs is 4. The third-order valence-electron chi connectivity index (χ3n) is 13.5. The van der Waals surface area contributed by atoms with Gasteiger partial charge in [0.05, 0.1) is 13.2 Å². The van der Waals surface area contributed by atoms with Gasteiger partial charge in [0.2, 0.25) is 11.6 Å². The van der Waals surface area contributed by atoms with Gasteiger partial charge in [-0.3, -0.25) is 0 Å². The lowest BCUT2D eigenvalue weighted by atomic mass is 9.58. The molecule has 4 bridgehead atoms. The molecule has 12 nitrogen and oxygen atoms in total. The van der Waals surface area contributed by atoms with Crippen molar-refractivity contribution in [1.29, 1.82) is 0 Å². The molecule has 0 radical (unpaired) electrons. The summed E-state index contributed by atoms with van der Waals surface area (Å²) in [6, 6.07) is 0. The summed E-state index contributed by atoms with van der Waals surface area (Å²) < 4.78 is 39.2. The number of ether oxygens (including phenoxy) is 6. The first kappa shape index (κ1) is 32.7. The molecule has 12 heteroatoms. The van der Waals surface area contributed by atoms with Crippen molar-refractivity contribution in [3.05, 3.63) is 0 Å². The van der Waals surface area contributed by atoms with Crippen LogP contribution < -0.4 is 0 Å². The van der Waals surface area contributed by atoms with Gasteiger partial charge < -0.3 is 38.6 Å². The summed E-state index contributed by atoms with van der Waals surface area (Å²) in [6.45, 7) is 12.1. The van der Waals surface area contributed by atoms with Crippen LogP contribution in [0.3, 0.4) is 0 Å². The van der Waals surface area contributed by atoms with Crippen LogP contribution in [0.2, 0.25) is 0 Å². The maximum Gasteiger partial charge on any atom is 0.201 e. The molecule has 8 aliphatic heterocycles. The highest BCUT2D eigenvalue weighted by atomic mass is 17.3. The Hall–Kier alpha value is -0.480. The smallest absolute Gasteiger partial charge is 0.201 e. The van der Waals surface area contributed by atoms with Gasteiger partial charge in [-0.1, -0.05) is 27.7 Å². The maximum absolute atomic E-state index is 11.0. The van der Waals surface area contributed by atoms with Gasteiger partial charge >= 0.3 is 0 Å². The average molecular weight is 655 g/mol. The van der Waals surface area contributed by atoms with E-state index >= 15 is 0 Å². The van der Waals surface area contributed by atoms with Crippen molar-refractivity contribution in [2.75, 3.05) is 13.2 Å². The molecule has 18 atom stereocenters. The summed E-state index contributed by atoms with van der Waals surface area (Å²) >= 11 is 0. The molecule has 0 aromatic carbocycles. The van der Waals surface area contributed by atoms with Crippen molar-refractivity contribution in [3.63, 3.8) is 0 Å². The Bertz CT molecular complexity index is 1140. The molecule has 0 amide bonds. The van der Waals surface area contributed by atoms with Crippen LogP contribution in [0.25, 0.3) is 0 Å². The second-order valence-corrected chi connectivity index (χ2v) is 16.3. The Morgan fingerprint density at radius 2 is 1.17 bits per heavy atom. The van der Waals surface area contributed by atoms with Crippen LogP contribution in [0, 0.1) is 47.3 Å². The Morgan fingerprint density at radius 1 is 0.674 bits per heavy atom. The van der Waals surface area contributed by atoms with E-state index in [1.54, 1.807) is 0 Å². The first-order valence-electron chi connectivity index (χ1n) is 17.9. The summed E-state index contributed by atoms with van der Waals surface area (Å²) in [7, 11) is 0. The highest BCUT2D eigenvalue weighted by Crippen LogP contribution is 2.62. The minimum absolute atomic E-state index is 0.0114. The Labute approximate surface area is 271 Å². The minimum atomic E-state index is -1.19. The lowest BCUT2D eigenvalue weighted by Gasteiger charge is -2.60. The molecule has 8 heterocycles. The van der Waals surface area contributed by atoms with E-state index in [1.807, 2.05) is 13.8 Å². The Balaban J connectivity index is 1.00. The van der Waals surface area contributed by atoms with Crippen LogP contribution >= 0.6 is 0 Å². The highest BCUT2D eigenvalue weighted by Gasteiger charge is 2.71. The molecular weight excluding hydrogens is 600 g/mol. The zero-order valence-corrected chi connectivity index (χ0v) is 28.1. The fourth-order valence-electron chi connectivity index (χ4n) is 10.8. The lowest BCUT2D eigenvalue weighted by Crippen LogP contribution is -2.71. The molecule has 46 heavy (non-hydrogen) atoms. The predicted octanol–water partition coefficient (Wildman–Crippen LogP) is 4.16. The van der Waals surface area contributed by atoms with E-state index in [-0.39, 0.29) is 42.1 Å². The normalized spacial score (nSPS) is 57.1. The van der Waals surface area contributed by atoms with Crippen molar-refractivity contribution < 1.29 is 58.2 Å². The first-order chi connectivity index (χ1) is 21.9. The number of hydrogen-bond acceptors (Lipinski definition) is 12. The number of aliphatic hydroxyl groups is 2. The first-order valence-corrected chi connectivity index (χ1v) is 17.9. The van der Waals surface area contributed by atoms with Crippen LogP contribution in [0.1, 0.15) is 92.9 Å². The van der Waals surface area contributed by atoms with Gasteiger partial charge in [-0.05, 0) is 76.0 Å². The van der Waals surface area contributed by atoms with Crippen LogP contribution in [-0.4, -0.2) is 83.6 Å². The van der Waals surface area contributed by atoms with Crippen molar-refractivity contribution in [2.24, 2.45) is 47.3 Å². The topological polar surface area (TPSA) is 133 Å². The van der Waals surface area contributed by atoms with Crippen LogP contribution in [0.4, 0.5) is 0 Å². The van der Waals surface area contributed by atoms with Gasteiger partial charge in [-0.15, -0.1) is 0 Å². The lowest BCUT2D eigenvalue weighted by molar-refractivity contribution is -0.579. The molecule has 10 aliphatic rings. The zero-order chi connectivity index (χ0) is 32.2. The third-order valence-corrected chi connectivity index (χ3v) is 13.5. The van der Waals surface area contributed by atoms with Gasteiger partial charge in [-0.2, -0.15) is 0 Å². The third kappa shape index (κ3) is 4.76. The fourth-order valence-corrected chi connectivity index (χ4v) is 10.8. The molecule has 2 spiro atoms. The van der Waals surface area contributed by atoms with Crippen LogP contribution in [0.15, 0.2) is 0 Å². The number of hydrogen-bond donors (Lipinski definition) is 2. The Morgan fingerprint density at radius 3 is 1.70 bits per heavy atom. The molecule has 10 rings (SSSR count). The largest absolute Gasteiger partial charge is 0.394 e. The van der Waals surface area contributed by atoms with Gasteiger partial charge in [0.1, 0.15) is 12.2 Å². The predicted molar refractivity (Wildman–Crippen MR) is 158 cm³/mol. The van der Waals surface area contributed by atoms with Crippen molar-refractivity contribution in [2.45, 2.75) is 153 Å². The summed E-state index contributed by atoms with van der Waals surface area (Å²) in [5, 5.41) is 21.1. The number of rotatable bonds is 7. The summed E-state index contributed by atoms with van der Waals surface area (Å²) in [4.78, 5) is 24.4. The van der Waals surface area contributed by atoms with E-state index in [1.165, 1.54) is 0 Å². The standard InChI is InChI=1S/C34H54O12/c1-17-7-9-23-19(3)27(39-29-33(23)21(17)11-13-31(5,41-29)43-45-33)37-16-26(25(36)15-35)38-28-20(4)24-10-8-18(2)22-12-14-32(6)42-30(40-28)34(22,24)46-44-32/h17-30,35-36H,7-16H2,1-6H3/t17-,18-,19-,20-,21+,22+,23+,24+,25?,26+,27+,28+,29-,30-,31-,32-,33-,34-/m1/s1. The highest BCUT2D eigenvalue weighted by molar-refractivity contribution is 5.10. The molecule has 1 unspecified atom stereocenters. The number of aliphatic hydroxyl groups excluding tert-OH is 2. The van der Waals surface area contributed by atoms with Crippen molar-refractivity contribution >= 4 is 0 Å². The van der Waals surface area contributed by atoms with Gasteiger partial charge in [0, 0.05) is 36.5 Å². The maximum atomic E-state index is 11.0. The molecule has 10 fully saturated rings. The van der Waals surface area contributed by atoms with Crippen molar-refractivity contribution in [1.82, 2.24) is 0 Å². The van der Waals surface area contributed by atoms with E-state index in [4.69, 9.17) is 48.0 Å². The van der Waals surface area contributed by atoms with E-state index < -0.39 is 66.8 Å². The zero-order valence-electron chi connectivity index (χ0n) is 28.1. The van der Waals surface area contributed by atoms with E-state index in [2.05, 4.69) is 27.7 Å². The molecule has 2 N–H and O–H groups in total. The molecule has 8 saturated heterocycles. The molecule has 0 aromatic rings. The molecule has 2 saturated carbocycles. The molecule has 2 aliphatic carbocycles. The molecule has 262 valence electrons. The van der Waals surface area contributed by atoms with Gasteiger partial charge in [0.15, 0.2) is 36.4 Å². The summed E-state index contributed by atoms with van der Waals surface area (Å²) in [6.07, 6.45) is 2.65. The SMILES string of the molecule is C[C@H]1[C@@H](O[C@@H](CO[C@H]2O[C@@H]3O[C@@]4(C)CC[C@H]5[C@H](C)CC[C@@H]([C@H]2C)[C@@]35OO4)C(O)CO)O[C@@H]2O[C@@]3(C)CC[C@H]4[C@H](C)CC[C@@H]1[C@@]24OO3. The minimum Gasteiger partial charge on any atom is -0.394 e. The van der Waals surface area contributed by atoms with E-state index in [0.29, 0.717) is 11.8 Å². The summed E-state index contributed by atoms with van der Waals surface area (Å²) in [5.41, 5.74) is -1.41. The summed E-state index contributed by atoms with van der Waals surface area (Å²) in [5.74, 6) is -0.333. The van der Waals surface area contributed by atoms with Crippen LogP contribution in [-0.2, 0) is 48.0 Å². The van der Waals surface area contributed by atoms with Gasteiger partial charge in [-0.25, -0.2) is 19.6 Å². The van der Waals surface area contributed by atoms with Crippen LogP contribution in [0.5, 0.6) is 0 Å². The van der Waals surface area contributed by atoms with Gasteiger partial charge in [0.25, 0.3) is 0 Å². The second-order valence-electron chi connectivity index (χ2n) is 16.3. The fraction of sp³-hybridized carbons (Fsp3) is 1.00. The quantitative estimate of drug-likeness (QED) is 0.382. The van der Waals surface area contributed by atoms with E-state index in [0.717, 1.165) is 51.4 Å². The van der Waals surface area contributed by atoms with E-state index in [9.17, 15) is 10.2 Å². The second kappa shape index (κ2) is 11.5. The Kier molecular flexibility index (Phi) is 8.20.